The zero-order valence-electron chi connectivity index (χ0n) is 9.73. The fraction of sp³-hybridized carbons (Fsp3) is 0.455. The largest absolute Gasteiger partial charge is 0.326 e. The van der Waals surface area contributed by atoms with E-state index in [-0.39, 0.29) is 17.5 Å². The standard InChI is InChI=1S/C11H15FN2O2S2/c12-10-5-8(6-13)1-2-11(10)18(15,16)14-9-3-4-17-7-9/h1-2,5,9,14H,3-4,6-7,13H2. The van der Waals surface area contributed by atoms with E-state index in [0.29, 0.717) is 5.56 Å². The van der Waals surface area contributed by atoms with Crippen molar-refractivity contribution in [3.63, 3.8) is 0 Å². The highest BCUT2D eigenvalue weighted by molar-refractivity contribution is 7.99. The molecular weight excluding hydrogens is 275 g/mol. The molecule has 0 amide bonds. The molecule has 100 valence electrons. The number of benzene rings is 1. The molecule has 0 saturated carbocycles. The van der Waals surface area contributed by atoms with Crippen LogP contribution < -0.4 is 10.5 Å². The molecule has 1 aromatic carbocycles. The van der Waals surface area contributed by atoms with Crippen LogP contribution in [0.25, 0.3) is 0 Å². The molecule has 1 saturated heterocycles. The summed E-state index contributed by atoms with van der Waals surface area (Å²) in [5.41, 5.74) is 5.95. The summed E-state index contributed by atoms with van der Waals surface area (Å²) in [6.45, 7) is 0.184. The Morgan fingerprint density at radius 1 is 1.50 bits per heavy atom. The lowest BCUT2D eigenvalue weighted by Gasteiger charge is -2.12. The van der Waals surface area contributed by atoms with Gasteiger partial charge in [0.1, 0.15) is 10.7 Å². The highest BCUT2D eigenvalue weighted by atomic mass is 32.2. The molecular formula is C11H15FN2O2S2. The normalized spacial score (nSPS) is 20.2. The van der Waals surface area contributed by atoms with Gasteiger partial charge >= 0.3 is 0 Å². The first-order valence-electron chi connectivity index (χ1n) is 5.61. The number of nitrogens with one attached hydrogen (secondary N) is 1. The van der Waals surface area contributed by atoms with Gasteiger partial charge in [-0.1, -0.05) is 6.07 Å². The number of nitrogens with two attached hydrogens (primary N) is 1. The van der Waals surface area contributed by atoms with Crippen molar-refractivity contribution >= 4 is 21.8 Å². The maximum atomic E-state index is 13.7. The van der Waals surface area contributed by atoms with Crippen LogP contribution >= 0.6 is 11.8 Å². The second-order valence-corrected chi connectivity index (χ2v) is 6.98. The van der Waals surface area contributed by atoms with Gasteiger partial charge in [-0.2, -0.15) is 11.8 Å². The van der Waals surface area contributed by atoms with Crippen molar-refractivity contribution in [2.75, 3.05) is 11.5 Å². The number of hydrogen-bond acceptors (Lipinski definition) is 4. The smallest absolute Gasteiger partial charge is 0.243 e. The van der Waals surface area contributed by atoms with Gasteiger partial charge in [-0.3, -0.25) is 0 Å². The van der Waals surface area contributed by atoms with Crippen LogP contribution in [0, 0.1) is 5.82 Å². The Labute approximate surface area is 110 Å². The highest BCUT2D eigenvalue weighted by Crippen LogP contribution is 2.21. The number of thioether (sulfide) groups is 1. The predicted molar refractivity (Wildman–Crippen MR) is 70.3 cm³/mol. The number of rotatable bonds is 4. The summed E-state index contributed by atoms with van der Waals surface area (Å²) >= 11 is 1.69. The van der Waals surface area contributed by atoms with Crippen molar-refractivity contribution in [3.05, 3.63) is 29.6 Å². The van der Waals surface area contributed by atoms with Crippen molar-refractivity contribution in [2.24, 2.45) is 5.73 Å². The lowest BCUT2D eigenvalue weighted by molar-refractivity contribution is 0.544. The first-order chi connectivity index (χ1) is 8.53. The van der Waals surface area contributed by atoms with Gasteiger partial charge in [0, 0.05) is 18.3 Å². The van der Waals surface area contributed by atoms with E-state index in [0.717, 1.165) is 24.0 Å². The Balaban J connectivity index is 2.23. The van der Waals surface area contributed by atoms with Gasteiger partial charge in [0.2, 0.25) is 10.0 Å². The van der Waals surface area contributed by atoms with Gasteiger partial charge in [0.15, 0.2) is 0 Å². The molecule has 3 N–H and O–H groups in total. The fourth-order valence-corrected chi connectivity index (χ4v) is 4.39. The Kier molecular flexibility index (Phi) is 4.26. The second-order valence-electron chi connectivity index (χ2n) is 4.15. The van der Waals surface area contributed by atoms with Crippen LogP contribution in [0.5, 0.6) is 0 Å². The van der Waals surface area contributed by atoms with Crippen LogP contribution in [0.1, 0.15) is 12.0 Å². The monoisotopic (exact) mass is 290 g/mol. The fourth-order valence-electron chi connectivity index (χ4n) is 1.80. The molecule has 4 nitrogen and oxygen atoms in total. The molecule has 1 aromatic rings. The molecule has 0 aliphatic carbocycles. The summed E-state index contributed by atoms with van der Waals surface area (Å²) in [6.07, 6.45) is 0.784. The summed E-state index contributed by atoms with van der Waals surface area (Å²) in [5.74, 6) is 0.917. The molecule has 18 heavy (non-hydrogen) atoms. The molecule has 1 aliphatic rings. The Hall–Kier alpha value is -0.630. The minimum atomic E-state index is -3.78. The Morgan fingerprint density at radius 2 is 2.28 bits per heavy atom. The van der Waals surface area contributed by atoms with E-state index < -0.39 is 15.8 Å². The molecule has 0 bridgehead atoms. The van der Waals surface area contributed by atoms with Gasteiger partial charge in [-0.05, 0) is 29.9 Å². The molecule has 0 radical (unpaired) electrons. The van der Waals surface area contributed by atoms with Crippen molar-refractivity contribution in [1.82, 2.24) is 4.72 Å². The SMILES string of the molecule is NCc1ccc(S(=O)(=O)NC2CCSC2)c(F)c1. The third-order valence-corrected chi connectivity index (χ3v) is 5.49. The second kappa shape index (κ2) is 5.56. The summed E-state index contributed by atoms with van der Waals surface area (Å²) in [5, 5.41) is 0. The Bertz CT molecular complexity index is 528. The lowest BCUT2D eigenvalue weighted by Crippen LogP contribution is -2.35. The van der Waals surface area contributed by atoms with Crippen LogP contribution in [0.15, 0.2) is 23.1 Å². The quantitative estimate of drug-likeness (QED) is 0.870. The van der Waals surface area contributed by atoms with Crippen LogP contribution in [-0.2, 0) is 16.6 Å². The molecule has 7 heteroatoms. The maximum absolute atomic E-state index is 13.7. The predicted octanol–water partition coefficient (Wildman–Crippen LogP) is 1.07. The molecule has 2 rings (SSSR count). The minimum absolute atomic E-state index is 0.103. The van der Waals surface area contributed by atoms with E-state index in [4.69, 9.17) is 5.73 Å². The average Bonchev–Trinajstić information content (AvgIpc) is 2.80. The third kappa shape index (κ3) is 3.03. The molecule has 1 unspecified atom stereocenters. The number of sulfonamides is 1. The third-order valence-electron chi connectivity index (χ3n) is 2.77. The molecule has 1 fully saturated rings. The van der Waals surface area contributed by atoms with Gasteiger partial charge < -0.3 is 5.73 Å². The number of halogens is 1. The van der Waals surface area contributed by atoms with Crippen molar-refractivity contribution in [3.8, 4) is 0 Å². The van der Waals surface area contributed by atoms with Crippen molar-refractivity contribution < 1.29 is 12.8 Å². The van der Waals surface area contributed by atoms with E-state index in [1.165, 1.54) is 12.1 Å². The van der Waals surface area contributed by atoms with E-state index in [1.54, 1.807) is 11.8 Å². The van der Waals surface area contributed by atoms with Crippen molar-refractivity contribution in [2.45, 2.75) is 23.9 Å². The summed E-state index contributed by atoms with van der Waals surface area (Å²) in [7, 11) is -3.78. The van der Waals surface area contributed by atoms with Crippen LogP contribution in [0.2, 0.25) is 0 Å². The van der Waals surface area contributed by atoms with E-state index in [2.05, 4.69) is 4.72 Å². The van der Waals surface area contributed by atoms with Crippen LogP contribution in [0.4, 0.5) is 4.39 Å². The summed E-state index contributed by atoms with van der Waals surface area (Å²) in [6, 6.07) is 3.86. The first-order valence-corrected chi connectivity index (χ1v) is 8.25. The molecule has 1 atom stereocenters. The van der Waals surface area contributed by atoms with Crippen molar-refractivity contribution in [1.29, 1.82) is 0 Å². The van der Waals surface area contributed by atoms with E-state index >= 15 is 0 Å². The topological polar surface area (TPSA) is 72.2 Å². The average molecular weight is 290 g/mol. The molecule has 0 aromatic heterocycles. The molecule has 0 spiro atoms. The zero-order valence-corrected chi connectivity index (χ0v) is 11.4. The van der Waals surface area contributed by atoms with E-state index in [9.17, 15) is 12.8 Å². The number of hydrogen-bond donors (Lipinski definition) is 2. The van der Waals surface area contributed by atoms with E-state index in [1.807, 2.05) is 0 Å². The first kappa shape index (κ1) is 13.8. The van der Waals surface area contributed by atoms with Gasteiger partial charge in [-0.25, -0.2) is 17.5 Å². The van der Waals surface area contributed by atoms with Crippen LogP contribution in [0.3, 0.4) is 0 Å². The summed E-state index contributed by atoms with van der Waals surface area (Å²) < 4.78 is 40.3. The van der Waals surface area contributed by atoms with Gasteiger partial charge in [-0.15, -0.1) is 0 Å². The summed E-state index contributed by atoms with van der Waals surface area (Å²) in [4.78, 5) is -0.309. The maximum Gasteiger partial charge on any atom is 0.243 e. The zero-order chi connectivity index (χ0) is 13.2. The van der Waals surface area contributed by atoms with Crippen LogP contribution in [-0.4, -0.2) is 26.0 Å². The highest BCUT2D eigenvalue weighted by Gasteiger charge is 2.25. The molecule has 1 aliphatic heterocycles. The Morgan fingerprint density at radius 3 is 2.83 bits per heavy atom. The minimum Gasteiger partial charge on any atom is -0.326 e. The lowest BCUT2D eigenvalue weighted by atomic mass is 10.2. The molecule has 1 heterocycles. The van der Waals surface area contributed by atoms with Gasteiger partial charge in [0.05, 0.1) is 0 Å². The van der Waals surface area contributed by atoms with Gasteiger partial charge in [0.25, 0.3) is 0 Å².